The van der Waals surface area contributed by atoms with Crippen molar-refractivity contribution in [1.29, 1.82) is 0 Å². The van der Waals surface area contributed by atoms with Crippen LogP contribution < -0.4 is 10.6 Å². The fourth-order valence-electron chi connectivity index (χ4n) is 2.02. The Hall–Kier alpha value is -1.32. The van der Waals surface area contributed by atoms with Gasteiger partial charge in [0.1, 0.15) is 18.0 Å². The van der Waals surface area contributed by atoms with Gasteiger partial charge in [0, 0.05) is 17.6 Å². The minimum atomic E-state index is 0.250. The molecule has 4 nitrogen and oxygen atoms in total. The zero-order valence-electron chi connectivity index (χ0n) is 11.9. The van der Waals surface area contributed by atoms with Gasteiger partial charge in [0.15, 0.2) is 0 Å². The molecule has 0 spiro atoms. The third kappa shape index (κ3) is 2.92. The predicted molar refractivity (Wildman–Crippen MR) is 76.2 cm³/mol. The molecule has 0 radical (unpaired) electrons. The van der Waals surface area contributed by atoms with Gasteiger partial charge >= 0.3 is 0 Å². The monoisotopic (exact) mass is 248 g/mol. The molecule has 2 rings (SSSR count). The van der Waals surface area contributed by atoms with E-state index in [1.165, 1.54) is 18.4 Å². The molecule has 0 aliphatic heterocycles. The first-order chi connectivity index (χ1) is 8.56. The molecule has 1 aromatic rings. The van der Waals surface area contributed by atoms with Gasteiger partial charge < -0.3 is 10.6 Å². The van der Waals surface area contributed by atoms with Gasteiger partial charge in [-0.25, -0.2) is 9.97 Å². The van der Waals surface area contributed by atoms with Crippen LogP contribution in [0.3, 0.4) is 0 Å². The minimum absolute atomic E-state index is 0.250. The molecule has 0 unspecified atom stereocenters. The Morgan fingerprint density at radius 2 is 1.94 bits per heavy atom. The van der Waals surface area contributed by atoms with Crippen molar-refractivity contribution in [3.05, 3.63) is 11.9 Å². The minimum Gasteiger partial charge on any atom is -0.370 e. The van der Waals surface area contributed by atoms with Crippen LogP contribution in [0.5, 0.6) is 0 Å². The van der Waals surface area contributed by atoms with Crippen molar-refractivity contribution in [2.75, 3.05) is 17.2 Å². The van der Waals surface area contributed by atoms with Crippen molar-refractivity contribution in [3.8, 4) is 0 Å². The molecule has 0 atom stereocenters. The quantitative estimate of drug-likeness (QED) is 0.810. The van der Waals surface area contributed by atoms with Gasteiger partial charge in [-0.15, -0.1) is 0 Å². The smallest absolute Gasteiger partial charge is 0.135 e. The maximum atomic E-state index is 4.43. The molecule has 2 N–H and O–H groups in total. The largest absolute Gasteiger partial charge is 0.370 e. The average Bonchev–Trinajstić information content (AvgIpc) is 3.03. The summed E-state index contributed by atoms with van der Waals surface area (Å²) in [4.78, 5) is 8.82. The van der Waals surface area contributed by atoms with Crippen molar-refractivity contribution in [3.63, 3.8) is 0 Å². The highest BCUT2D eigenvalue weighted by atomic mass is 15.1. The second-order valence-corrected chi connectivity index (χ2v) is 5.75. The molecule has 1 aromatic heterocycles. The van der Waals surface area contributed by atoms with Gasteiger partial charge in [0.25, 0.3) is 0 Å². The van der Waals surface area contributed by atoms with E-state index < -0.39 is 0 Å². The van der Waals surface area contributed by atoms with Crippen LogP contribution in [0.1, 0.15) is 58.4 Å². The highest BCUT2D eigenvalue weighted by molar-refractivity contribution is 5.60. The van der Waals surface area contributed by atoms with Gasteiger partial charge in [-0.05, 0) is 32.1 Å². The molecule has 0 aromatic carbocycles. The van der Waals surface area contributed by atoms with E-state index in [4.69, 9.17) is 0 Å². The summed E-state index contributed by atoms with van der Waals surface area (Å²) in [6.45, 7) is 9.74. The molecule has 1 aliphatic rings. The van der Waals surface area contributed by atoms with E-state index in [1.54, 1.807) is 6.33 Å². The molecule has 1 saturated carbocycles. The molecular formula is C14H24N4. The Bertz CT molecular complexity index is 410. The number of aromatic nitrogens is 2. The summed E-state index contributed by atoms with van der Waals surface area (Å²) in [7, 11) is 0. The van der Waals surface area contributed by atoms with Gasteiger partial charge in [0.2, 0.25) is 0 Å². The van der Waals surface area contributed by atoms with Crippen LogP contribution in [0, 0.1) is 0 Å². The lowest BCUT2D eigenvalue weighted by molar-refractivity contribution is 0.791. The molecule has 18 heavy (non-hydrogen) atoms. The van der Waals surface area contributed by atoms with Crippen molar-refractivity contribution >= 4 is 11.6 Å². The molecule has 0 amide bonds. The van der Waals surface area contributed by atoms with Crippen LogP contribution >= 0.6 is 0 Å². The summed E-state index contributed by atoms with van der Waals surface area (Å²) in [6, 6.07) is 0. The number of hydrogen-bond acceptors (Lipinski definition) is 4. The summed E-state index contributed by atoms with van der Waals surface area (Å²) in [6.07, 6.45) is 5.21. The van der Waals surface area contributed by atoms with Crippen molar-refractivity contribution in [2.24, 2.45) is 0 Å². The normalized spacial score (nSPS) is 16.7. The van der Waals surface area contributed by atoms with E-state index in [2.05, 4.69) is 48.3 Å². The Balaban J connectivity index is 2.26. The molecule has 100 valence electrons. The average molecular weight is 248 g/mol. The topological polar surface area (TPSA) is 49.8 Å². The van der Waals surface area contributed by atoms with Gasteiger partial charge in [-0.1, -0.05) is 20.8 Å². The molecule has 1 heterocycles. The summed E-state index contributed by atoms with van der Waals surface area (Å²) in [5, 5.41) is 6.97. The van der Waals surface area contributed by atoms with E-state index in [-0.39, 0.29) is 5.54 Å². The molecule has 0 bridgehead atoms. The van der Waals surface area contributed by atoms with Gasteiger partial charge in [-0.3, -0.25) is 0 Å². The number of nitrogens with one attached hydrogen (secondary N) is 2. The highest BCUT2D eigenvalue weighted by Gasteiger charge is 2.38. The zero-order chi connectivity index (χ0) is 13.2. The summed E-state index contributed by atoms with van der Waals surface area (Å²) in [5.74, 6) is 2.39. The van der Waals surface area contributed by atoms with E-state index in [0.29, 0.717) is 5.92 Å². The maximum absolute atomic E-state index is 4.43. The van der Waals surface area contributed by atoms with Crippen LogP contribution in [-0.2, 0) is 0 Å². The van der Waals surface area contributed by atoms with Crippen molar-refractivity contribution in [2.45, 2.75) is 58.4 Å². The maximum Gasteiger partial charge on any atom is 0.135 e. The number of hydrogen-bond donors (Lipinski definition) is 2. The van der Waals surface area contributed by atoms with Crippen LogP contribution in [0.15, 0.2) is 6.33 Å². The lowest BCUT2D eigenvalue weighted by Crippen LogP contribution is -2.20. The summed E-state index contributed by atoms with van der Waals surface area (Å²) < 4.78 is 0. The second kappa shape index (κ2) is 5.12. The number of anilines is 2. The lowest BCUT2D eigenvalue weighted by atomic mass is 10.0. The Labute approximate surface area is 110 Å². The van der Waals surface area contributed by atoms with Crippen molar-refractivity contribution in [1.82, 2.24) is 9.97 Å². The predicted octanol–water partition coefficient (Wildman–Crippen LogP) is 3.39. The van der Waals surface area contributed by atoms with Crippen LogP contribution in [-0.4, -0.2) is 22.1 Å². The van der Waals surface area contributed by atoms with Crippen LogP contribution in [0.2, 0.25) is 0 Å². The SMILES string of the molecule is CCCNc1ncnc(NC2(C)CC2)c1C(C)C. The molecular weight excluding hydrogens is 224 g/mol. The molecule has 1 aliphatic carbocycles. The molecule has 1 fully saturated rings. The third-order valence-corrected chi connectivity index (χ3v) is 3.42. The number of rotatable bonds is 6. The van der Waals surface area contributed by atoms with E-state index in [0.717, 1.165) is 24.6 Å². The summed E-state index contributed by atoms with van der Waals surface area (Å²) >= 11 is 0. The van der Waals surface area contributed by atoms with E-state index in [1.807, 2.05) is 0 Å². The van der Waals surface area contributed by atoms with Gasteiger partial charge in [-0.2, -0.15) is 0 Å². The Morgan fingerprint density at radius 3 is 2.50 bits per heavy atom. The van der Waals surface area contributed by atoms with Crippen molar-refractivity contribution < 1.29 is 0 Å². The Kier molecular flexibility index (Phi) is 3.73. The Morgan fingerprint density at radius 1 is 1.28 bits per heavy atom. The first kappa shape index (κ1) is 13.1. The third-order valence-electron chi connectivity index (χ3n) is 3.42. The number of nitrogens with zero attached hydrogens (tertiary/aromatic N) is 2. The molecule has 4 heteroatoms. The molecule has 0 saturated heterocycles. The highest BCUT2D eigenvalue weighted by Crippen LogP contribution is 2.40. The lowest BCUT2D eigenvalue weighted by Gasteiger charge is -2.20. The standard InChI is InChI=1S/C14H24N4/c1-5-8-15-12-11(10(2)3)13(17-9-16-12)18-14(4)6-7-14/h9-10H,5-8H2,1-4H3,(H2,15,16,17,18). The fraction of sp³-hybridized carbons (Fsp3) is 0.714. The summed E-state index contributed by atoms with van der Waals surface area (Å²) in [5.41, 5.74) is 1.46. The van der Waals surface area contributed by atoms with E-state index >= 15 is 0 Å². The van der Waals surface area contributed by atoms with E-state index in [9.17, 15) is 0 Å². The first-order valence-electron chi connectivity index (χ1n) is 6.92. The first-order valence-corrected chi connectivity index (χ1v) is 6.92. The fourth-order valence-corrected chi connectivity index (χ4v) is 2.02. The van der Waals surface area contributed by atoms with Gasteiger partial charge in [0.05, 0.1) is 0 Å². The second-order valence-electron chi connectivity index (χ2n) is 5.75. The zero-order valence-corrected chi connectivity index (χ0v) is 11.9. The van der Waals surface area contributed by atoms with Crippen LogP contribution in [0.4, 0.5) is 11.6 Å². The van der Waals surface area contributed by atoms with Crippen LogP contribution in [0.25, 0.3) is 0 Å².